The molecule has 0 heterocycles. The smallest absolute Gasteiger partial charge is 0.207 e. The Balaban J connectivity index is 2.03. The van der Waals surface area contributed by atoms with Crippen molar-refractivity contribution in [1.29, 1.82) is 0 Å². The lowest BCUT2D eigenvalue weighted by Gasteiger charge is -2.18. The van der Waals surface area contributed by atoms with Crippen molar-refractivity contribution in [2.24, 2.45) is 4.99 Å². The van der Waals surface area contributed by atoms with Crippen molar-refractivity contribution in [2.75, 3.05) is 5.32 Å². The highest BCUT2D eigenvalue weighted by Crippen LogP contribution is 2.25. The van der Waals surface area contributed by atoms with Gasteiger partial charge in [-0.25, -0.2) is 4.99 Å². The minimum atomic E-state index is -0.440. The van der Waals surface area contributed by atoms with E-state index in [1.165, 1.54) is 13.0 Å². The minimum Gasteiger partial charge on any atom is -0.505 e. The van der Waals surface area contributed by atoms with E-state index in [0.29, 0.717) is 11.4 Å². The van der Waals surface area contributed by atoms with Gasteiger partial charge in [-0.05, 0) is 31.2 Å². The molecule has 25 heavy (non-hydrogen) atoms. The molecule has 1 aliphatic carbocycles. The Labute approximate surface area is 145 Å². The van der Waals surface area contributed by atoms with E-state index >= 15 is 0 Å². The fourth-order valence-electron chi connectivity index (χ4n) is 2.49. The molecule has 0 atom stereocenters. The third-order valence-corrected chi connectivity index (χ3v) is 3.64. The van der Waals surface area contributed by atoms with Gasteiger partial charge >= 0.3 is 0 Å². The van der Waals surface area contributed by atoms with Gasteiger partial charge in [-0.15, -0.1) is 0 Å². The van der Waals surface area contributed by atoms with Gasteiger partial charge in [0.25, 0.3) is 0 Å². The zero-order valence-corrected chi connectivity index (χ0v) is 13.6. The molecule has 0 radical (unpaired) electrons. The van der Waals surface area contributed by atoms with Crippen LogP contribution < -0.4 is 5.32 Å². The Bertz CT molecular complexity index is 910. The zero-order valence-electron chi connectivity index (χ0n) is 13.6. The largest absolute Gasteiger partial charge is 0.505 e. The molecule has 2 aromatic carbocycles. The van der Waals surface area contributed by atoms with Gasteiger partial charge in [-0.2, -0.15) is 0 Å². The summed E-state index contributed by atoms with van der Waals surface area (Å²) in [7, 11) is 0. The Morgan fingerprint density at radius 3 is 2.20 bits per heavy atom. The molecule has 0 aliphatic heterocycles. The van der Waals surface area contributed by atoms with Crippen molar-refractivity contribution >= 4 is 28.7 Å². The number of carbonyl (C=O) groups excluding carboxylic acids is 2. The van der Waals surface area contributed by atoms with Crippen molar-refractivity contribution in [1.82, 2.24) is 0 Å². The molecule has 124 valence electrons. The summed E-state index contributed by atoms with van der Waals surface area (Å²) in [6.07, 6.45) is 1.25. The first-order chi connectivity index (χ1) is 12.1. The maximum atomic E-state index is 12.5. The molecular formula is C20H16N2O3. The highest BCUT2D eigenvalue weighted by atomic mass is 16.3. The van der Waals surface area contributed by atoms with E-state index < -0.39 is 11.6 Å². The molecule has 2 aromatic rings. The fourth-order valence-corrected chi connectivity index (χ4v) is 2.49. The van der Waals surface area contributed by atoms with E-state index in [4.69, 9.17) is 0 Å². The standard InChI is InChI=1S/C20H16N2O3/c1-13(23)18-19(22-15-10-6-3-7-11-15)17(24)12-16(20(18)25)21-14-8-4-2-5-9-14/h2-12,21,25H,1H3. The number of nitrogens with one attached hydrogen (secondary N) is 1. The average molecular weight is 332 g/mol. The van der Waals surface area contributed by atoms with Crippen LogP contribution in [0.2, 0.25) is 0 Å². The molecule has 3 rings (SSSR count). The normalized spacial score (nSPS) is 16.0. The third-order valence-electron chi connectivity index (χ3n) is 3.64. The van der Waals surface area contributed by atoms with Gasteiger partial charge in [-0.1, -0.05) is 36.4 Å². The minimum absolute atomic E-state index is 0.0604. The lowest BCUT2D eigenvalue weighted by molar-refractivity contribution is -0.114. The summed E-state index contributed by atoms with van der Waals surface area (Å²) in [5, 5.41) is 13.5. The molecule has 0 saturated carbocycles. The van der Waals surface area contributed by atoms with E-state index in [0.717, 1.165) is 0 Å². The number of rotatable bonds is 4. The van der Waals surface area contributed by atoms with Crippen LogP contribution >= 0.6 is 0 Å². The summed E-state index contributed by atoms with van der Waals surface area (Å²) in [5.74, 6) is -1.16. The fraction of sp³-hybridized carbons (Fsp3) is 0.0500. The number of aliphatic hydroxyl groups is 1. The number of aliphatic hydroxyl groups excluding tert-OH is 1. The van der Waals surface area contributed by atoms with Crippen LogP contribution in [0.4, 0.5) is 11.4 Å². The maximum absolute atomic E-state index is 12.5. The van der Waals surface area contributed by atoms with Crippen LogP contribution in [0, 0.1) is 0 Å². The molecule has 0 unspecified atom stereocenters. The quantitative estimate of drug-likeness (QED) is 0.836. The topological polar surface area (TPSA) is 78.8 Å². The van der Waals surface area contributed by atoms with Crippen LogP contribution in [0.3, 0.4) is 0 Å². The van der Waals surface area contributed by atoms with E-state index in [1.807, 2.05) is 24.3 Å². The predicted molar refractivity (Wildman–Crippen MR) is 97.0 cm³/mol. The van der Waals surface area contributed by atoms with Crippen molar-refractivity contribution in [3.05, 3.63) is 83.8 Å². The van der Waals surface area contributed by atoms with Gasteiger partial charge in [0.2, 0.25) is 5.78 Å². The van der Waals surface area contributed by atoms with Crippen LogP contribution in [-0.4, -0.2) is 22.4 Å². The number of allylic oxidation sites excluding steroid dienone is 2. The molecule has 5 heteroatoms. The number of hydrogen-bond donors (Lipinski definition) is 2. The molecule has 0 fully saturated rings. The molecule has 0 spiro atoms. The number of aliphatic imine (C=N–C) groups is 1. The summed E-state index contributed by atoms with van der Waals surface area (Å²) in [6, 6.07) is 17.9. The molecule has 0 amide bonds. The van der Waals surface area contributed by atoms with Crippen molar-refractivity contribution in [3.8, 4) is 0 Å². The second-order valence-electron chi connectivity index (χ2n) is 5.49. The van der Waals surface area contributed by atoms with Gasteiger partial charge in [0.1, 0.15) is 5.71 Å². The van der Waals surface area contributed by atoms with Crippen molar-refractivity contribution in [2.45, 2.75) is 6.92 Å². The van der Waals surface area contributed by atoms with E-state index in [1.54, 1.807) is 36.4 Å². The van der Waals surface area contributed by atoms with Crippen LogP contribution in [-0.2, 0) is 9.59 Å². The van der Waals surface area contributed by atoms with Crippen molar-refractivity contribution in [3.63, 3.8) is 0 Å². The summed E-state index contributed by atoms with van der Waals surface area (Å²) in [5.41, 5.74) is 1.25. The molecule has 5 nitrogen and oxygen atoms in total. The monoisotopic (exact) mass is 332 g/mol. The van der Waals surface area contributed by atoms with Crippen LogP contribution in [0.25, 0.3) is 0 Å². The number of para-hydroxylation sites is 2. The highest BCUT2D eigenvalue weighted by molar-refractivity contribution is 6.56. The number of anilines is 1. The SMILES string of the molecule is CC(=O)C1=C(O)C(Nc2ccccc2)=CC(=O)C1=Nc1ccccc1. The molecule has 0 bridgehead atoms. The molecular weight excluding hydrogens is 316 g/mol. The van der Waals surface area contributed by atoms with Crippen LogP contribution in [0.1, 0.15) is 6.92 Å². The van der Waals surface area contributed by atoms with E-state index in [-0.39, 0.29) is 22.7 Å². The van der Waals surface area contributed by atoms with E-state index in [2.05, 4.69) is 10.3 Å². The third kappa shape index (κ3) is 3.55. The number of ketones is 2. The zero-order chi connectivity index (χ0) is 17.8. The van der Waals surface area contributed by atoms with Gasteiger partial charge in [-0.3, -0.25) is 9.59 Å². The number of benzene rings is 2. The highest BCUT2D eigenvalue weighted by Gasteiger charge is 2.30. The van der Waals surface area contributed by atoms with Gasteiger partial charge < -0.3 is 10.4 Å². The van der Waals surface area contributed by atoms with Gasteiger partial charge in [0.05, 0.1) is 17.0 Å². The Hall–Kier alpha value is -3.47. The maximum Gasteiger partial charge on any atom is 0.207 e. The van der Waals surface area contributed by atoms with Crippen molar-refractivity contribution < 1.29 is 14.7 Å². The predicted octanol–water partition coefficient (Wildman–Crippen LogP) is 3.74. The Morgan fingerprint density at radius 2 is 1.60 bits per heavy atom. The lowest BCUT2D eigenvalue weighted by Crippen LogP contribution is -2.27. The average Bonchev–Trinajstić information content (AvgIpc) is 2.61. The number of hydrogen-bond acceptors (Lipinski definition) is 5. The summed E-state index contributed by atoms with van der Waals surface area (Å²) in [4.78, 5) is 28.8. The summed E-state index contributed by atoms with van der Waals surface area (Å²) < 4.78 is 0. The lowest BCUT2D eigenvalue weighted by atomic mass is 9.94. The summed E-state index contributed by atoms with van der Waals surface area (Å²) in [6.45, 7) is 1.30. The second-order valence-corrected chi connectivity index (χ2v) is 5.49. The van der Waals surface area contributed by atoms with E-state index in [9.17, 15) is 14.7 Å². The van der Waals surface area contributed by atoms with Gasteiger partial charge in [0.15, 0.2) is 11.5 Å². The first kappa shape index (κ1) is 16.4. The Kier molecular flexibility index (Phi) is 4.57. The molecule has 1 aliphatic rings. The first-order valence-corrected chi connectivity index (χ1v) is 7.73. The first-order valence-electron chi connectivity index (χ1n) is 7.73. The molecule has 0 saturated heterocycles. The number of carbonyl (C=O) groups is 2. The summed E-state index contributed by atoms with van der Waals surface area (Å²) >= 11 is 0. The second kappa shape index (κ2) is 6.97. The Morgan fingerprint density at radius 1 is 1.00 bits per heavy atom. The van der Waals surface area contributed by atoms with Crippen LogP contribution in [0.5, 0.6) is 0 Å². The number of Topliss-reactive ketones (excluding diaryl/α,β-unsaturated/α-hetero) is 1. The van der Waals surface area contributed by atoms with Gasteiger partial charge in [0, 0.05) is 11.8 Å². The number of nitrogens with zero attached hydrogens (tertiary/aromatic N) is 1. The molecule has 0 aromatic heterocycles. The van der Waals surface area contributed by atoms with Crippen LogP contribution in [0.15, 0.2) is 88.8 Å². The molecule has 2 N–H and O–H groups in total.